The van der Waals surface area contributed by atoms with Gasteiger partial charge in [-0.05, 0) is 42.7 Å². The fourth-order valence-electron chi connectivity index (χ4n) is 4.44. The van der Waals surface area contributed by atoms with E-state index in [0.29, 0.717) is 30.5 Å². The number of likely N-dealkylation sites (tertiary alicyclic amines) is 1. The number of hydrogen-bond acceptors (Lipinski definition) is 6. The van der Waals surface area contributed by atoms with Crippen molar-refractivity contribution >= 4 is 33.6 Å². The number of fused-ring (bicyclic) bond motifs is 1. The van der Waals surface area contributed by atoms with Crippen molar-refractivity contribution in [3.8, 4) is 0 Å². The second-order valence-electron chi connectivity index (χ2n) is 8.58. The standard InChI is InChI=1S/C24H25FN6O2S/c1-29(24-27-21(28-34-24)14-16-6-8-17(25)9-7-16)15-22(32)30-12-10-18(11-13-30)31-20-5-3-2-4-19(20)26-23(31)33/h2-9,18H,10-15H2,1H3,(H,26,33). The van der Waals surface area contributed by atoms with Gasteiger partial charge in [-0.2, -0.15) is 4.37 Å². The van der Waals surface area contributed by atoms with Crippen LogP contribution in [-0.4, -0.2) is 56.4 Å². The number of H-pyrrole nitrogens is 1. The first-order chi connectivity index (χ1) is 16.5. The zero-order valence-corrected chi connectivity index (χ0v) is 19.6. The zero-order valence-electron chi connectivity index (χ0n) is 18.8. The van der Waals surface area contributed by atoms with E-state index in [2.05, 4.69) is 14.3 Å². The number of rotatable bonds is 6. The number of amides is 1. The van der Waals surface area contributed by atoms with Gasteiger partial charge in [-0.25, -0.2) is 14.2 Å². The molecule has 0 spiro atoms. The summed E-state index contributed by atoms with van der Waals surface area (Å²) in [7, 11) is 1.83. The molecule has 1 N–H and O–H groups in total. The number of carbonyl (C=O) groups excluding carboxylic acids is 1. The van der Waals surface area contributed by atoms with Crippen LogP contribution in [-0.2, 0) is 11.2 Å². The predicted molar refractivity (Wildman–Crippen MR) is 130 cm³/mol. The molecular weight excluding hydrogens is 455 g/mol. The topological polar surface area (TPSA) is 87.1 Å². The minimum atomic E-state index is -0.272. The number of benzene rings is 2. The Balaban J connectivity index is 1.17. The molecule has 2 aromatic heterocycles. The normalized spacial score (nSPS) is 14.6. The first-order valence-electron chi connectivity index (χ1n) is 11.2. The van der Waals surface area contributed by atoms with Crippen LogP contribution in [0.15, 0.2) is 53.3 Å². The molecule has 0 bridgehead atoms. The molecule has 3 heterocycles. The Hall–Kier alpha value is -3.53. The van der Waals surface area contributed by atoms with Crippen molar-refractivity contribution in [3.63, 3.8) is 0 Å². The van der Waals surface area contributed by atoms with Gasteiger partial charge in [-0.3, -0.25) is 9.36 Å². The SMILES string of the molecule is CN(CC(=O)N1CCC(n2c(=O)[nH]c3ccccc32)CC1)c1nc(Cc2ccc(F)cc2)ns1. The van der Waals surface area contributed by atoms with Gasteiger partial charge in [0.25, 0.3) is 0 Å². The van der Waals surface area contributed by atoms with Gasteiger partial charge in [0.1, 0.15) is 11.6 Å². The molecule has 1 aliphatic heterocycles. The smallest absolute Gasteiger partial charge is 0.326 e. The maximum Gasteiger partial charge on any atom is 0.326 e. The summed E-state index contributed by atoms with van der Waals surface area (Å²) in [6.45, 7) is 1.42. The highest BCUT2D eigenvalue weighted by molar-refractivity contribution is 7.09. The van der Waals surface area contributed by atoms with Crippen molar-refractivity contribution in [1.29, 1.82) is 0 Å². The number of likely N-dealkylation sites (N-methyl/N-ethyl adjacent to an activating group) is 1. The lowest BCUT2D eigenvalue weighted by atomic mass is 10.0. The number of anilines is 1. The van der Waals surface area contributed by atoms with Gasteiger partial charge in [-0.1, -0.05) is 24.3 Å². The number of piperidine rings is 1. The minimum absolute atomic E-state index is 0.0301. The lowest BCUT2D eigenvalue weighted by molar-refractivity contribution is -0.130. The van der Waals surface area contributed by atoms with Crippen LogP contribution in [0.2, 0.25) is 0 Å². The van der Waals surface area contributed by atoms with Gasteiger partial charge in [0, 0.05) is 44.1 Å². The van der Waals surface area contributed by atoms with Crippen molar-refractivity contribution in [2.75, 3.05) is 31.6 Å². The summed E-state index contributed by atoms with van der Waals surface area (Å²) in [5.74, 6) is 0.407. The Kier molecular flexibility index (Phi) is 6.14. The van der Waals surface area contributed by atoms with Crippen LogP contribution in [0.1, 0.15) is 30.3 Å². The molecule has 0 atom stereocenters. The maximum atomic E-state index is 13.1. The third-order valence-electron chi connectivity index (χ3n) is 6.24. The molecule has 5 rings (SSSR count). The zero-order chi connectivity index (χ0) is 23.7. The highest BCUT2D eigenvalue weighted by atomic mass is 32.1. The van der Waals surface area contributed by atoms with Crippen LogP contribution in [0.4, 0.5) is 9.52 Å². The summed E-state index contributed by atoms with van der Waals surface area (Å²) in [4.78, 5) is 36.5. The molecule has 2 aromatic carbocycles. The number of nitrogens with one attached hydrogen (secondary N) is 1. The fraction of sp³-hybridized carbons (Fsp3) is 0.333. The van der Waals surface area contributed by atoms with E-state index >= 15 is 0 Å². The van der Waals surface area contributed by atoms with E-state index in [0.717, 1.165) is 29.4 Å². The van der Waals surface area contributed by atoms with Gasteiger partial charge in [0.2, 0.25) is 11.0 Å². The van der Waals surface area contributed by atoms with Crippen molar-refractivity contribution in [3.05, 3.63) is 76.2 Å². The first kappa shape index (κ1) is 22.3. The number of aromatic nitrogens is 4. The van der Waals surface area contributed by atoms with E-state index in [1.807, 2.05) is 45.7 Å². The van der Waals surface area contributed by atoms with E-state index < -0.39 is 0 Å². The number of para-hydroxylation sites is 2. The lowest BCUT2D eigenvalue weighted by Gasteiger charge is -2.33. The van der Waals surface area contributed by atoms with Crippen molar-refractivity contribution in [2.45, 2.75) is 25.3 Å². The van der Waals surface area contributed by atoms with Crippen LogP contribution < -0.4 is 10.6 Å². The number of hydrogen-bond donors (Lipinski definition) is 1. The van der Waals surface area contributed by atoms with Gasteiger partial charge >= 0.3 is 5.69 Å². The Morgan fingerprint density at radius 3 is 2.68 bits per heavy atom. The monoisotopic (exact) mass is 480 g/mol. The Labute approximate surface area is 199 Å². The molecule has 0 aliphatic carbocycles. The van der Waals surface area contributed by atoms with Gasteiger partial charge < -0.3 is 14.8 Å². The molecule has 34 heavy (non-hydrogen) atoms. The Morgan fingerprint density at radius 1 is 1.18 bits per heavy atom. The molecular formula is C24H25FN6O2S. The summed E-state index contributed by atoms with van der Waals surface area (Å²) < 4.78 is 19.3. The predicted octanol–water partition coefficient (Wildman–Crippen LogP) is 3.21. The maximum absolute atomic E-state index is 13.1. The van der Waals surface area contributed by atoms with Gasteiger partial charge in [-0.15, -0.1) is 0 Å². The second kappa shape index (κ2) is 9.38. The summed E-state index contributed by atoms with van der Waals surface area (Å²) in [6, 6.07) is 14.0. The molecule has 4 aromatic rings. The van der Waals surface area contributed by atoms with E-state index in [1.54, 1.807) is 12.1 Å². The van der Waals surface area contributed by atoms with Gasteiger partial charge in [0.15, 0.2) is 0 Å². The number of nitrogens with zero attached hydrogens (tertiary/aromatic N) is 5. The van der Waals surface area contributed by atoms with Crippen LogP contribution in [0.3, 0.4) is 0 Å². The van der Waals surface area contributed by atoms with Crippen LogP contribution >= 0.6 is 11.5 Å². The van der Waals surface area contributed by atoms with E-state index in [9.17, 15) is 14.0 Å². The van der Waals surface area contributed by atoms with Gasteiger partial charge in [0.05, 0.1) is 17.6 Å². The Morgan fingerprint density at radius 2 is 1.91 bits per heavy atom. The number of imidazole rings is 1. The van der Waals surface area contributed by atoms with Crippen molar-refractivity contribution in [2.24, 2.45) is 0 Å². The molecule has 1 fully saturated rings. The molecule has 1 amide bonds. The first-order valence-corrected chi connectivity index (χ1v) is 12.0. The fourth-order valence-corrected chi connectivity index (χ4v) is 5.08. The summed E-state index contributed by atoms with van der Waals surface area (Å²) in [5, 5.41) is 0.672. The largest absolute Gasteiger partial charge is 0.341 e. The van der Waals surface area contributed by atoms with Crippen LogP contribution in [0, 0.1) is 5.82 Å². The van der Waals surface area contributed by atoms with Crippen molar-refractivity contribution in [1.82, 2.24) is 23.8 Å². The average molecular weight is 481 g/mol. The minimum Gasteiger partial charge on any atom is -0.341 e. The second-order valence-corrected chi connectivity index (χ2v) is 9.31. The molecule has 0 unspecified atom stereocenters. The molecule has 0 radical (unpaired) electrons. The van der Waals surface area contributed by atoms with E-state index in [4.69, 9.17) is 0 Å². The molecule has 176 valence electrons. The molecule has 10 heteroatoms. The highest BCUT2D eigenvalue weighted by Gasteiger charge is 2.27. The molecule has 0 saturated carbocycles. The lowest BCUT2D eigenvalue weighted by Crippen LogP contribution is -2.44. The summed E-state index contributed by atoms with van der Waals surface area (Å²) >= 11 is 1.25. The average Bonchev–Trinajstić information content (AvgIpc) is 3.44. The number of aromatic amines is 1. The quantitative estimate of drug-likeness (QED) is 0.458. The molecule has 1 saturated heterocycles. The Bertz CT molecular complexity index is 1350. The van der Waals surface area contributed by atoms with Crippen LogP contribution in [0.5, 0.6) is 0 Å². The van der Waals surface area contributed by atoms with E-state index in [1.165, 1.54) is 23.7 Å². The third kappa shape index (κ3) is 4.58. The third-order valence-corrected chi connectivity index (χ3v) is 7.11. The summed E-state index contributed by atoms with van der Waals surface area (Å²) in [6.07, 6.45) is 1.98. The van der Waals surface area contributed by atoms with E-state index in [-0.39, 0.29) is 30.0 Å². The summed E-state index contributed by atoms with van der Waals surface area (Å²) in [5.41, 5.74) is 2.58. The van der Waals surface area contributed by atoms with Crippen molar-refractivity contribution < 1.29 is 9.18 Å². The van der Waals surface area contributed by atoms with Crippen LogP contribution in [0.25, 0.3) is 11.0 Å². The molecule has 8 nitrogen and oxygen atoms in total. The number of carbonyl (C=O) groups is 1. The highest BCUT2D eigenvalue weighted by Crippen LogP contribution is 2.25. The number of halogens is 1. The molecule has 1 aliphatic rings.